The van der Waals surface area contributed by atoms with E-state index in [2.05, 4.69) is 27.4 Å². The first-order chi connectivity index (χ1) is 17.0. The van der Waals surface area contributed by atoms with Gasteiger partial charge in [-0.15, -0.1) is 0 Å². The summed E-state index contributed by atoms with van der Waals surface area (Å²) < 4.78 is 0. The monoisotopic (exact) mass is 466 g/mol. The highest BCUT2D eigenvalue weighted by Crippen LogP contribution is 2.24. The predicted octanol–water partition coefficient (Wildman–Crippen LogP) is 4.51. The maximum Gasteiger partial charge on any atom is 0.254 e. The third kappa shape index (κ3) is 4.57. The number of aromatic nitrogens is 2. The van der Waals surface area contributed by atoms with E-state index < -0.39 is 0 Å². The van der Waals surface area contributed by atoms with Crippen LogP contribution in [0.3, 0.4) is 0 Å². The average Bonchev–Trinajstić information content (AvgIpc) is 3.36. The summed E-state index contributed by atoms with van der Waals surface area (Å²) >= 11 is 0. The molecule has 1 unspecified atom stereocenters. The topological polar surface area (TPSA) is 95.2 Å². The second-order valence-electron chi connectivity index (χ2n) is 8.80. The first-order valence-corrected chi connectivity index (χ1v) is 11.7. The average molecular weight is 467 g/mol. The van der Waals surface area contributed by atoms with Gasteiger partial charge in [0.25, 0.3) is 5.91 Å². The van der Waals surface area contributed by atoms with Gasteiger partial charge in [0.05, 0.1) is 11.1 Å². The number of likely N-dealkylation sites (tertiary alicyclic amines) is 1. The number of carbonyl (C=O) groups is 2. The number of Topliss-reactive ketones (excluding diaryl/α,β-unsaturated/α-hetero) is 1. The van der Waals surface area contributed by atoms with Gasteiger partial charge in [0.2, 0.25) is 5.43 Å². The fourth-order valence-corrected chi connectivity index (χ4v) is 4.59. The number of nitrogens with zero attached hydrogens (tertiary/aromatic N) is 2. The van der Waals surface area contributed by atoms with Crippen LogP contribution in [0, 0.1) is 0 Å². The summed E-state index contributed by atoms with van der Waals surface area (Å²) in [5.74, 6) is 0.253. The van der Waals surface area contributed by atoms with E-state index >= 15 is 0 Å². The van der Waals surface area contributed by atoms with Crippen LogP contribution < -0.4 is 10.7 Å². The van der Waals surface area contributed by atoms with Crippen molar-refractivity contribution >= 4 is 28.5 Å². The molecule has 1 aliphatic heterocycles. The number of carbonyl (C=O) groups excluding carboxylic acids is 2. The van der Waals surface area contributed by atoms with Crippen LogP contribution in [0.2, 0.25) is 0 Å². The molecule has 0 saturated carbocycles. The standard InChI is InChI=1S/C28H26N4O3/c1-18(33)23-17-29-24-13-14-25(31-26(24)27(23)34)30-16-22-8-5-15-32(22)28(35)21-11-9-20(10-12-21)19-6-3-2-4-7-19/h2-4,6-7,9-14,17,22H,5,8,15-16H2,1H3,(H,29,34)(H,30,31). The van der Waals surface area contributed by atoms with Crippen LogP contribution in [0.15, 0.2) is 77.7 Å². The van der Waals surface area contributed by atoms with Crippen molar-refractivity contribution < 1.29 is 9.59 Å². The van der Waals surface area contributed by atoms with E-state index in [9.17, 15) is 14.4 Å². The highest BCUT2D eigenvalue weighted by atomic mass is 16.2. The normalized spacial score (nSPS) is 15.3. The molecular weight excluding hydrogens is 440 g/mol. The van der Waals surface area contributed by atoms with Gasteiger partial charge in [-0.3, -0.25) is 14.4 Å². The lowest BCUT2D eigenvalue weighted by atomic mass is 10.0. The first kappa shape index (κ1) is 22.5. The molecule has 1 saturated heterocycles. The van der Waals surface area contributed by atoms with Gasteiger partial charge in [0, 0.05) is 30.9 Å². The number of ketones is 1. The Bertz CT molecular complexity index is 1450. The molecular formula is C28H26N4O3. The summed E-state index contributed by atoms with van der Waals surface area (Å²) in [6, 6.07) is 21.4. The maximum absolute atomic E-state index is 13.2. The molecule has 0 radical (unpaired) electrons. The van der Waals surface area contributed by atoms with Crippen molar-refractivity contribution in [1.29, 1.82) is 0 Å². The minimum Gasteiger partial charge on any atom is -0.368 e. The Morgan fingerprint density at radius 2 is 1.77 bits per heavy atom. The fraction of sp³-hybridized carbons (Fsp3) is 0.214. The number of hydrogen-bond acceptors (Lipinski definition) is 5. The van der Waals surface area contributed by atoms with Crippen molar-refractivity contribution in [3.63, 3.8) is 0 Å². The Balaban J connectivity index is 1.29. The van der Waals surface area contributed by atoms with E-state index in [4.69, 9.17) is 0 Å². The minimum absolute atomic E-state index is 0.0166. The van der Waals surface area contributed by atoms with E-state index in [1.165, 1.54) is 13.1 Å². The van der Waals surface area contributed by atoms with E-state index in [1.54, 1.807) is 12.1 Å². The lowest BCUT2D eigenvalue weighted by Gasteiger charge is -2.25. The van der Waals surface area contributed by atoms with Gasteiger partial charge in [0.1, 0.15) is 11.3 Å². The number of H-pyrrole nitrogens is 1. The van der Waals surface area contributed by atoms with Crippen LogP contribution in [-0.2, 0) is 0 Å². The Kier molecular flexibility index (Phi) is 6.14. The number of benzene rings is 2. The molecule has 5 rings (SSSR count). The maximum atomic E-state index is 13.2. The zero-order chi connectivity index (χ0) is 24.4. The quantitative estimate of drug-likeness (QED) is 0.408. The van der Waals surface area contributed by atoms with Crippen molar-refractivity contribution in [2.45, 2.75) is 25.8 Å². The van der Waals surface area contributed by atoms with E-state index in [1.807, 2.05) is 47.4 Å². The summed E-state index contributed by atoms with van der Waals surface area (Å²) in [7, 11) is 0. The third-order valence-electron chi connectivity index (χ3n) is 6.50. The van der Waals surface area contributed by atoms with Gasteiger partial charge in [-0.05, 0) is 55.2 Å². The lowest BCUT2D eigenvalue weighted by Crippen LogP contribution is -2.39. The number of anilines is 1. The zero-order valence-corrected chi connectivity index (χ0v) is 19.5. The number of aromatic amines is 1. The molecule has 1 amide bonds. The van der Waals surface area contributed by atoms with E-state index in [0.29, 0.717) is 30.0 Å². The summed E-state index contributed by atoms with van der Waals surface area (Å²) in [6.07, 6.45) is 3.26. The summed E-state index contributed by atoms with van der Waals surface area (Å²) in [5.41, 5.74) is 3.37. The van der Waals surface area contributed by atoms with E-state index in [-0.39, 0.29) is 34.2 Å². The van der Waals surface area contributed by atoms with Crippen molar-refractivity contribution in [3.8, 4) is 11.1 Å². The highest BCUT2D eigenvalue weighted by molar-refractivity contribution is 5.96. The molecule has 7 heteroatoms. The van der Waals surface area contributed by atoms with Crippen molar-refractivity contribution in [3.05, 3.63) is 94.3 Å². The van der Waals surface area contributed by atoms with Crippen molar-refractivity contribution in [1.82, 2.24) is 14.9 Å². The summed E-state index contributed by atoms with van der Waals surface area (Å²) in [5, 5.41) is 3.28. The summed E-state index contributed by atoms with van der Waals surface area (Å²) in [6.45, 7) is 2.59. The van der Waals surface area contributed by atoms with Gasteiger partial charge < -0.3 is 15.2 Å². The third-order valence-corrected chi connectivity index (χ3v) is 6.50. The minimum atomic E-state index is -0.383. The number of amides is 1. The van der Waals surface area contributed by atoms with Gasteiger partial charge in [-0.25, -0.2) is 4.98 Å². The molecule has 1 atom stereocenters. The second kappa shape index (κ2) is 9.54. The Morgan fingerprint density at radius 3 is 2.51 bits per heavy atom. The van der Waals surface area contributed by atoms with Crippen LogP contribution in [0.1, 0.15) is 40.5 Å². The Labute approximate surface area is 202 Å². The van der Waals surface area contributed by atoms with Crippen LogP contribution in [0.25, 0.3) is 22.2 Å². The Morgan fingerprint density at radius 1 is 1.03 bits per heavy atom. The molecule has 35 heavy (non-hydrogen) atoms. The molecule has 1 fully saturated rings. The molecule has 176 valence electrons. The fourth-order valence-electron chi connectivity index (χ4n) is 4.59. The highest BCUT2D eigenvalue weighted by Gasteiger charge is 2.29. The molecule has 0 aliphatic carbocycles. The van der Waals surface area contributed by atoms with Crippen LogP contribution in [0.5, 0.6) is 0 Å². The van der Waals surface area contributed by atoms with Gasteiger partial charge >= 0.3 is 0 Å². The smallest absolute Gasteiger partial charge is 0.254 e. The lowest BCUT2D eigenvalue weighted by molar-refractivity contribution is 0.0743. The molecule has 2 aromatic carbocycles. The van der Waals surface area contributed by atoms with Gasteiger partial charge in [0.15, 0.2) is 5.78 Å². The van der Waals surface area contributed by atoms with Gasteiger partial charge in [-0.1, -0.05) is 42.5 Å². The predicted molar refractivity (Wildman–Crippen MR) is 137 cm³/mol. The first-order valence-electron chi connectivity index (χ1n) is 11.7. The number of pyridine rings is 2. The number of nitrogens with one attached hydrogen (secondary N) is 2. The number of rotatable bonds is 6. The SMILES string of the molecule is CC(=O)c1c[nH]c2ccc(NCC3CCCN3C(=O)c3ccc(-c4ccccc4)cc3)nc2c1=O. The number of hydrogen-bond donors (Lipinski definition) is 2. The molecule has 3 heterocycles. The molecule has 0 bridgehead atoms. The van der Waals surface area contributed by atoms with Crippen LogP contribution in [0.4, 0.5) is 5.82 Å². The van der Waals surface area contributed by atoms with Gasteiger partial charge in [-0.2, -0.15) is 0 Å². The molecule has 7 nitrogen and oxygen atoms in total. The Hall–Kier alpha value is -4.26. The van der Waals surface area contributed by atoms with E-state index in [0.717, 1.165) is 24.0 Å². The largest absolute Gasteiger partial charge is 0.368 e. The summed E-state index contributed by atoms with van der Waals surface area (Å²) in [4.78, 5) is 46.9. The molecule has 4 aromatic rings. The zero-order valence-electron chi connectivity index (χ0n) is 19.5. The van der Waals surface area contributed by atoms with Crippen molar-refractivity contribution in [2.75, 3.05) is 18.4 Å². The van der Waals surface area contributed by atoms with Crippen LogP contribution in [-0.4, -0.2) is 45.7 Å². The van der Waals surface area contributed by atoms with Crippen molar-refractivity contribution in [2.24, 2.45) is 0 Å². The molecule has 2 N–H and O–H groups in total. The second-order valence-corrected chi connectivity index (χ2v) is 8.80. The molecule has 2 aromatic heterocycles. The number of fused-ring (bicyclic) bond motifs is 1. The molecule has 1 aliphatic rings. The molecule has 0 spiro atoms. The van der Waals surface area contributed by atoms with Crippen LogP contribution >= 0.6 is 0 Å².